The fourth-order valence-corrected chi connectivity index (χ4v) is 4.08. The lowest BCUT2D eigenvalue weighted by Crippen LogP contribution is -2.50. The van der Waals surface area contributed by atoms with Gasteiger partial charge in [-0.05, 0) is 38.5 Å². The Balaban J connectivity index is 1.70. The van der Waals surface area contributed by atoms with E-state index in [-0.39, 0.29) is 27.8 Å². The molecular weight excluding hydrogens is 441 g/mol. The van der Waals surface area contributed by atoms with Gasteiger partial charge in [0.15, 0.2) is 5.78 Å². The van der Waals surface area contributed by atoms with Crippen LogP contribution < -0.4 is 10.6 Å². The van der Waals surface area contributed by atoms with Gasteiger partial charge in [-0.3, -0.25) is 14.6 Å². The van der Waals surface area contributed by atoms with Gasteiger partial charge in [-0.25, -0.2) is 4.79 Å². The smallest absolute Gasteiger partial charge is 0.326 e. The fourth-order valence-electron chi connectivity index (χ4n) is 3.55. The number of hydrogen-bond acceptors (Lipinski definition) is 5. The Morgan fingerprint density at radius 2 is 1.71 bits per heavy atom. The molecule has 2 aromatic rings. The van der Waals surface area contributed by atoms with Gasteiger partial charge in [0.05, 0.1) is 21.0 Å². The summed E-state index contributed by atoms with van der Waals surface area (Å²) in [6.07, 6.45) is 2.86. The number of nitrogens with one attached hydrogen (secondary N) is 2. The monoisotopic (exact) mass is 461 g/mol. The van der Waals surface area contributed by atoms with Crippen LogP contribution in [0.2, 0.25) is 10.0 Å². The van der Waals surface area contributed by atoms with Crippen molar-refractivity contribution in [3.63, 3.8) is 0 Å². The van der Waals surface area contributed by atoms with E-state index >= 15 is 0 Å². The first-order valence-corrected chi connectivity index (χ1v) is 10.2. The molecule has 9 heteroatoms. The summed E-state index contributed by atoms with van der Waals surface area (Å²) < 4.78 is 0. The molecule has 1 aliphatic rings. The second-order valence-electron chi connectivity index (χ2n) is 7.82. The average Bonchev–Trinajstić information content (AvgIpc) is 2.71. The molecule has 1 amide bonds. The number of allylic oxidation sites excluding steroid dienone is 2. The van der Waals surface area contributed by atoms with Crippen LogP contribution in [0.1, 0.15) is 36.7 Å². The van der Waals surface area contributed by atoms with Crippen LogP contribution in [0.25, 0.3) is 0 Å². The molecular formula is C22H21Cl2N3O4. The van der Waals surface area contributed by atoms with E-state index in [1.54, 1.807) is 45.0 Å². The number of aliphatic carboxylic acids is 1. The molecule has 3 rings (SSSR count). The summed E-state index contributed by atoms with van der Waals surface area (Å²) >= 11 is 12.0. The highest BCUT2D eigenvalue weighted by Crippen LogP contribution is 2.40. The Morgan fingerprint density at radius 3 is 2.23 bits per heavy atom. The second-order valence-corrected chi connectivity index (χ2v) is 8.64. The molecule has 3 N–H and O–H groups in total. The molecule has 7 nitrogen and oxygen atoms in total. The molecule has 162 valence electrons. The molecule has 1 atom stereocenters. The normalized spacial score (nSPS) is 15.8. The third-order valence-electron chi connectivity index (χ3n) is 5.26. The molecule has 0 spiro atoms. The number of rotatable bonds is 7. The average molecular weight is 462 g/mol. The Hall–Kier alpha value is -2.90. The van der Waals surface area contributed by atoms with Crippen LogP contribution in [0.15, 0.2) is 47.9 Å². The van der Waals surface area contributed by atoms with Crippen LogP contribution >= 0.6 is 23.2 Å². The number of ketones is 1. The zero-order valence-corrected chi connectivity index (χ0v) is 18.6. The number of hydrogen-bond donors (Lipinski definition) is 3. The Labute approximate surface area is 189 Å². The fraction of sp³-hybridized carbons (Fsp3) is 0.273. The number of carbonyl (C=O) groups is 3. The summed E-state index contributed by atoms with van der Waals surface area (Å²) in [6, 6.07) is 5.88. The molecule has 1 aromatic heterocycles. The van der Waals surface area contributed by atoms with Gasteiger partial charge in [0.25, 0.3) is 5.91 Å². The predicted molar refractivity (Wildman–Crippen MR) is 118 cm³/mol. The second kappa shape index (κ2) is 8.69. The van der Waals surface area contributed by atoms with Crippen molar-refractivity contribution in [1.82, 2.24) is 10.3 Å². The van der Waals surface area contributed by atoms with E-state index in [0.717, 1.165) is 5.56 Å². The minimum Gasteiger partial charge on any atom is -0.480 e. The minimum absolute atomic E-state index is 0.00800. The Morgan fingerprint density at radius 1 is 1.13 bits per heavy atom. The van der Waals surface area contributed by atoms with Crippen LogP contribution in [-0.4, -0.2) is 33.8 Å². The standard InChI is InChI=1S/C22H21Cl2N3O4/c1-11-18(22(2,3)19(11)28)27-16(21(30)31)8-12-4-6-13(7-5-12)26-20(29)17-14(23)9-25-10-15(17)24/h4-7,9-10,16,27H,8H2,1-3H3,(H,26,29)(H,30,31)/t16-/m0/s1. The van der Waals surface area contributed by atoms with Crippen LogP contribution in [0.5, 0.6) is 0 Å². The number of carboxylic acid groups (broad SMARTS) is 1. The topological polar surface area (TPSA) is 108 Å². The van der Waals surface area contributed by atoms with Crippen molar-refractivity contribution in [2.75, 3.05) is 5.32 Å². The lowest BCUT2D eigenvalue weighted by molar-refractivity contribution is -0.139. The molecule has 31 heavy (non-hydrogen) atoms. The highest BCUT2D eigenvalue weighted by molar-refractivity contribution is 6.40. The summed E-state index contributed by atoms with van der Waals surface area (Å²) in [5, 5.41) is 15.6. The van der Waals surface area contributed by atoms with Crippen molar-refractivity contribution < 1.29 is 19.5 Å². The van der Waals surface area contributed by atoms with Gasteiger partial charge in [0.1, 0.15) is 6.04 Å². The predicted octanol–water partition coefficient (Wildman–Crippen LogP) is 4.11. The number of aromatic nitrogens is 1. The number of carboxylic acids is 1. The Kier molecular flexibility index (Phi) is 6.38. The van der Waals surface area contributed by atoms with Crippen molar-refractivity contribution in [2.45, 2.75) is 33.2 Å². The van der Waals surface area contributed by atoms with Crippen molar-refractivity contribution in [2.24, 2.45) is 5.41 Å². The number of halogens is 2. The maximum Gasteiger partial charge on any atom is 0.326 e. The van der Waals surface area contributed by atoms with Gasteiger partial charge in [0.2, 0.25) is 0 Å². The van der Waals surface area contributed by atoms with E-state index in [9.17, 15) is 19.5 Å². The van der Waals surface area contributed by atoms with Gasteiger partial charge in [-0.15, -0.1) is 0 Å². The van der Waals surface area contributed by atoms with Crippen LogP contribution in [0, 0.1) is 5.41 Å². The molecule has 1 heterocycles. The maximum absolute atomic E-state index is 12.5. The first kappa shape index (κ1) is 22.8. The van der Waals surface area contributed by atoms with Gasteiger partial charge in [-0.1, -0.05) is 35.3 Å². The van der Waals surface area contributed by atoms with E-state index < -0.39 is 23.3 Å². The summed E-state index contributed by atoms with van der Waals surface area (Å²) in [6.45, 7) is 5.22. The molecule has 0 aliphatic heterocycles. The number of carbonyl (C=O) groups excluding carboxylic acids is 2. The molecule has 0 fully saturated rings. The molecule has 0 saturated heterocycles. The van der Waals surface area contributed by atoms with E-state index in [0.29, 0.717) is 17.0 Å². The summed E-state index contributed by atoms with van der Waals surface area (Å²) in [5.41, 5.74) is 1.88. The van der Waals surface area contributed by atoms with Gasteiger partial charge in [-0.2, -0.15) is 0 Å². The Bertz CT molecular complexity index is 1070. The van der Waals surface area contributed by atoms with Gasteiger partial charge in [0, 0.05) is 35.8 Å². The van der Waals surface area contributed by atoms with E-state index in [1.807, 2.05) is 0 Å². The third-order valence-corrected chi connectivity index (χ3v) is 5.83. The van der Waals surface area contributed by atoms with Crippen molar-refractivity contribution in [1.29, 1.82) is 0 Å². The first-order valence-electron chi connectivity index (χ1n) is 9.47. The van der Waals surface area contributed by atoms with Crippen LogP contribution in [-0.2, 0) is 16.0 Å². The quantitative estimate of drug-likeness (QED) is 0.572. The zero-order chi connectivity index (χ0) is 22.9. The molecule has 1 aliphatic carbocycles. The number of pyridine rings is 1. The maximum atomic E-state index is 12.5. The van der Waals surface area contributed by atoms with Gasteiger partial charge >= 0.3 is 5.97 Å². The molecule has 1 aromatic carbocycles. The number of Topliss-reactive ketones (excluding diaryl/α,β-unsaturated/α-hetero) is 1. The number of anilines is 1. The zero-order valence-electron chi connectivity index (χ0n) is 17.1. The van der Waals surface area contributed by atoms with Crippen molar-refractivity contribution >= 4 is 46.5 Å². The van der Waals surface area contributed by atoms with Gasteiger partial charge < -0.3 is 15.7 Å². The lowest BCUT2D eigenvalue weighted by atomic mass is 9.69. The first-order chi connectivity index (χ1) is 14.5. The molecule has 0 radical (unpaired) electrons. The summed E-state index contributed by atoms with van der Waals surface area (Å²) in [4.78, 5) is 40.0. The largest absolute Gasteiger partial charge is 0.480 e. The van der Waals surface area contributed by atoms with E-state index in [2.05, 4.69) is 15.6 Å². The van der Waals surface area contributed by atoms with E-state index in [1.165, 1.54) is 12.4 Å². The van der Waals surface area contributed by atoms with Crippen LogP contribution in [0.3, 0.4) is 0 Å². The van der Waals surface area contributed by atoms with Crippen LogP contribution in [0.4, 0.5) is 5.69 Å². The highest BCUT2D eigenvalue weighted by Gasteiger charge is 2.45. The molecule has 0 unspecified atom stereocenters. The SMILES string of the molecule is CC1=C(N[C@@H](Cc2ccc(NC(=O)c3c(Cl)cncc3Cl)cc2)C(=O)O)C(C)(C)C1=O. The lowest BCUT2D eigenvalue weighted by Gasteiger charge is -2.39. The number of benzene rings is 1. The summed E-state index contributed by atoms with van der Waals surface area (Å²) in [7, 11) is 0. The third kappa shape index (κ3) is 4.57. The highest BCUT2D eigenvalue weighted by atomic mass is 35.5. The summed E-state index contributed by atoms with van der Waals surface area (Å²) in [5.74, 6) is -1.49. The van der Waals surface area contributed by atoms with Crippen molar-refractivity contribution in [3.05, 3.63) is 69.1 Å². The number of nitrogens with zero attached hydrogens (tertiary/aromatic N) is 1. The van der Waals surface area contributed by atoms with E-state index in [4.69, 9.17) is 23.2 Å². The minimum atomic E-state index is -1.02. The number of amides is 1. The molecule has 0 saturated carbocycles. The molecule has 0 bridgehead atoms. The van der Waals surface area contributed by atoms with Crippen molar-refractivity contribution in [3.8, 4) is 0 Å².